The van der Waals surface area contributed by atoms with E-state index in [2.05, 4.69) is 29.3 Å². The predicted molar refractivity (Wildman–Crippen MR) is 125 cm³/mol. The van der Waals surface area contributed by atoms with Crippen molar-refractivity contribution in [1.29, 1.82) is 0 Å². The van der Waals surface area contributed by atoms with E-state index in [-0.39, 0.29) is 17.7 Å². The standard InChI is InChI=1S/C25H35N3O4/c1-3-20-15-19(14-18(2)25(20)32-23-6-4-22(29)5-7-23)16-21(26)17-27-24(30)8-9-28-10-12-31-13-11-28/h4-7,14-15,21,29H,3,8-13,16-17,26H2,1-2H3,(H,27,30). The Bertz CT molecular complexity index is 880. The van der Waals surface area contributed by atoms with E-state index < -0.39 is 0 Å². The minimum Gasteiger partial charge on any atom is -0.508 e. The Hall–Kier alpha value is -2.61. The summed E-state index contributed by atoms with van der Waals surface area (Å²) in [6.07, 6.45) is 1.99. The first-order chi connectivity index (χ1) is 15.4. The van der Waals surface area contributed by atoms with Gasteiger partial charge in [0.05, 0.1) is 13.2 Å². The third-order valence-corrected chi connectivity index (χ3v) is 5.67. The zero-order chi connectivity index (χ0) is 22.9. The normalized spacial score (nSPS) is 15.3. The molecule has 1 fully saturated rings. The average molecular weight is 442 g/mol. The molecule has 1 saturated heterocycles. The number of carbonyl (C=O) groups is 1. The molecule has 1 amide bonds. The molecule has 1 heterocycles. The number of hydrogen-bond donors (Lipinski definition) is 3. The molecule has 174 valence electrons. The van der Waals surface area contributed by atoms with Gasteiger partial charge in [-0.3, -0.25) is 9.69 Å². The van der Waals surface area contributed by atoms with Crippen LogP contribution in [0.1, 0.15) is 30.0 Å². The molecule has 7 nitrogen and oxygen atoms in total. The van der Waals surface area contributed by atoms with Crippen LogP contribution in [0.4, 0.5) is 0 Å². The number of aromatic hydroxyl groups is 1. The van der Waals surface area contributed by atoms with Gasteiger partial charge in [-0.05, 0) is 60.7 Å². The maximum atomic E-state index is 12.2. The highest BCUT2D eigenvalue weighted by atomic mass is 16.5. The lowest BCUT2D eigenvalue weighted by molar-refractivity contribution is -0.121. The maximum absolute atomic E-state index is 12.2. The number of phenolic OH excluding ortho intramolecular Hbond substituents is 1. The number of ether oxygens (including phenoxy) is 2. The molecule has 1 aliphatic heterocycles. The minimum atomic E-state index is -0.157. The van der Waals surface area contributed by atoms with Crippen LogP contribution in [0.2, 0.25) is 0 Å². The van der Waals surface area contributed by atoms with Crippen LogP contribution in [-0.2, 0) is 22.4 Å². The fourth-order valence-corrected chi connectivity index (χ4v) is 3.88. The van der Waals surface area contributed by atoms with Gasteiger partial charge in [-0.25, -0.2) is 0 Å². The summed E-state index contributed by atoms with van der Waals surface area (Å²) in [5.41, 5.74) is 9.59. The molecule has 32 heavy (non-hydrogen) atoms. The van der Waals surface area contributed by atoms with Gasteiger partial charge in [0, 0.05) is 38.6 Å². The lowest BCUT2D eigenvalue weighted by atomic mass is 9.98. The number of aryl methyl sites for hydroxylation is 2. The van der Waals surface area contributed by atoms with Crippen molar-refractivity contribution in [2.45, 2.75) is 39.2 Å². The number of benzene rings is 2. The first kappa shape index (κ1) is 24.0. The maximum Gasteiger partial charge on any atom is 0.221 e. The van der Waals surface area contributed by atoms with Crippen molar-refractivity contribution in [3.63, 3.8) is 0 Å². The number of nitrogens with zero attached hydrogens (tertiary/aromatic N) is 1. The Morgan fingerprint density at radius 1 is 1.25 bits per heavy atom. The molecule has 0 bridgehead atoms. The molecule has 3 rings (SSSR count). The van der Waals surface area contributed by atoms with Crippen molar-refractivity contribution in [3.05, 3.63) is 53.1 Å². The summed E-state index contributed by atoms with van der Waals surface area (Å²) in [6, 6.07) is 10.8. The van der Waals surface area contributed by atoms with E-state index in [0.29, 0.717) is 25.1 Å². The molecule has 0 radical (unpaired) electrons. The second-order valence-corrected chi connectivity index (χ2v) is 8.32. The van der Waals surface area contributed by atoms with E-state index in [4.69, 9.17) is 15.2 Å². The second-order valence-electron chi connectivity index (χ2n) is 8.32. The molecule has 0 saturated carbocycles. The summed E-state index contributed by atoms with van der Waals surface area (Å²) in [5.74, 6) is 1.77. The van der Waals surface area contributed by atoms with E-state index in [1.807, 2.05) is 6.92 Å². The molecular weight excluding hydrogens is 406 g/mol. The van der Waals surface area contributed by atoms with E-state index in [1.54, 1.807) is 24.3 Å². The van der Waals surface area contributed by atoms with Crippen LogP contribution >= 0.6 is 0 Å². The fraction of sp³-hybridized carbons (Fsp3) is 0.480. The van der Waals surface area contributed by atoms with Crippen molar-refractivity contribution >= 4 is 5.91 Å². The summed E-state index contributed by atoms with van der Waals surface area (Å²) in [7, 11) is 0. The molecule has 0 aliphatic carbocycles. The number of phenols is 1. The average Bonchev–Trinajstić information content (AvgIpc) is 2.80. The van der Waals surface area contributed by atoms with E-state index in [1.165, 1.54) is 0 Å². The highest BCUT2D eigenvalue weighted by Crippen LogP contribution is 2.31. The van der Waals surface area contributed by atoms with Gasteiger partial charge < -0.3 is 25.6 Å². The Morgan fingerprint density at radius 2 is 1.97 bits per heavy atom. The van der Waals surface area contributed by atoms with Crippen LogP contribution in [-0.4, -0.2) is 61.3 Å². The minimum absolute atomic E-state index is 0.0371. The highest BCUT2D eigenvalue weighted by molar-refractivity contribution is 5.76. The largest absolute Gasteiger partial charge is 0.508 e. The topological polar surface area (TPSA) is 97.1 Å². The van der Waals surface area contributed by atoms with E-state index in [0.717, 1.165) is 61.7 Å². The van der Waals surface area contributed by atoms with Crippen molar-refractivity contribution in [1.82, 2.24) is 10.2 Å². The molecule has 1 atom stereocenters. The predicted octanol–water partition coefficient (Wildman–Crippen LogP) is 2.76. The van der Waals surface area contributed by atoms with Gasteiger partial charge in [0.15, 0.2) is 0 Å². The van der Waals surface area contributed by atoms with Crippen LogP contribution in [0.15, 0.2) is 36.4 Å². The molecule has 0 aromatic heterocycles. The van der Waals surface area contributed by atoms with Crippen molar-refractivity contribution < 1.29 is 19.4 Å². The van der Waals surface area contributed by atoms with E-state index in [9.17, 15) is 9.90 Å². The first-order valence-corrected chi connectivity index (χ1v) is 11.4. The van der Waals surface area contributed by atoms with Gasteiger partial charge in [0.1, 0.15) is 17.2 Å². The summed E-state index contributed by atoms with van der Waals surface area (Å²) in [4.78, 5) is 14.4. The van der Waals surface area contributed by atoms with Gasteiger partial charge in [0.25, 0.3) is 0 Å². The highest BCUT2D eigenvalue weighted by Gasteiger charge is 2.14. The first-order valence-electron chi connectivity index (χ1n) is 11.4. The van der Waals surface area contributed by atoms with Gasteiger partial charge in [-0.2, -0.15) is 0 Å². The Labute approximate surface area is 190 Å². The molecular formula is C25H35N3O4. The summed E-state index contributed by atoms with van der Waals surface area (Å²) < 4.78 is 11.4. The second kappa shape index (κ2) is 11.9. The van der Waals surface area contributed by atoms with E-state index >= 15 is 0 Å². The van der Waals surface area contributed by atoms with Gasteiger partial charge in [0.2, 0.25) is 5.91 Å². The number of nitrogens with two attached hydrogens (primary N) is 1. The number of nitrogens with one attached hydrogen (secondary N) is 1. The number of morpholine rings is 1. The number of carbonyl (C=O) groups excluding carboxylic acids is 1. The molecule has 1 aliphatic rings. The Morgan fingerprint density at radius 3 is 2.66 bits per heavy atom. The van der Waals surface area contributed by atoms with Gasteiger partial charge in [-0.1, -0.05) is 19.1 Å². The molecule has 7 heteroatoms. The van der Waals surface area contributed by atoms with Crippen LogP contribution in [0.25, 0.3) is 0 Å². The van der Waals surface area contributed by atoms with Crippen molar-refractivity contribution in [3.8, 4) is 17.2 Å². The number of amides is 1. The third kappa shape index (κ3) is 7.22. The zero-order valence-corrected chi connectivity index (χ0v) is 19.1. The number of rotatable bonds is 10. The van der Waals surface area contributed by atoms with Crippen LogP contribution in [0, 0.1) is 6.92 Å². The molecule has 2 aromatic rings. The van der Waals surface area contributed by atoms with Crippen molar-refractivity contribution in [2.24, 2.45) is 5.73 Å². The lowest BCUT2D eigenvalue weighted by Crippen LogP contribution is -2.41. The van der Waals surface area contributed by atoms with Gasteiger partial charge >= 0.3 is 0 Å². The smallest absolute Gasteiger partial charge is 0.221 e. The van der Waals surface area contributed by atoms with Gasteiger partial charge in [-0.15, -0.1) is 0 Å². The SMILES string of the molecule is CCc1cc(CC(N)CNC(=O)CCN2CCOCC2)cc(C)c1Oc1ccc(O)cc1. The third-order valence-electron chi connectivity index (χ3n) is 5.67. The quantitative estimate of drug-likeness (QED) is 0.525. The molecule has 1 unspecified atom stereocenters. The number of hydrogen-bond acceptors (Lipinski definition) is 6. The molecule has 0 spiro atoms. The lowest BCUT2D eigenvalue weighted by Gasteiger charge is -2.26. The summed E-state index contributed by atoms with van der Waals surface area (Å²) in [5, 5.41) is 12.4. The zero-order valence-electron chi connectivity index (χ0n) is 19.1. The molecule has 2 aromatic carbocycles. The van der Waals surface area contributed by atoms with Crippen LogP contribution in [0.5, 0.6) is 17.2 Å². The summed E-state index contributed by atoms with van der Waals surface area (Å²) in [6.45, 7) is 8.58. The van der Waals surface area contributed by atoms with Crippen LogP contribution < -0.4 is 15.8 Å². The fourth-order valence-electron chi connectivity index (χ4n) is 3.88. The Kier molecular flexibility index (Phi) is 8.90. The molecule has 4 N–H and O–H groups in total. The Balaban J connectivity index is 1.51. The van der Waals surface area contributed by atoms with Crippen molar-refractivity contribution in [2.75, 3.05) is 39.4 Å². The monoisotopic (exact) mass is 441 g/mol. The van der Waals surface area contributed by atoms with Crippen LogP contribution in [0.3, 0.4) is 0 Å². The summed E-state index contributed by atoms with van der Waals surface area (Å²) >= 11 is 0.